The highest BCUT2D eigenvalue weighted by Crippen LogP contribution is 2.20. The number of methoxy groups -OCH3 is 1. The van der Waals surface area contributed by atoms with Crippen molar-refractivity contribution in [1.82, 2.24) is 4.98 Å². The first-order valence-electron chi connectivity index (χ1n) is 5.67. The number of amides is 1. The molecule has 0 aliphatic carbocycles. The van der Waals surface area contributed by atoms with Crippen molar-refractivity contribution in [3.05, 3.63) is 52.7 Å². The number of nitrogens with zero attached hydrogens (tertiary/aromatic N) is 1. The quantitative estimate of drug-likeness (QED) is 0.936. The number of carbonyl (C=O) groups excluding carboxylic acids is 1. The molecule has 1 aromatic heterocycles. The van der Waals surface area contributed by atoms with E-state index >= 15 is 0 Å². The second-order valence-corrected chi connectivity index (χ2v) is 4.43. The lowest BCUT2D eigenvalue weighted by atomic mass is 10.1. The van der Waals surface area contributed by atoms with Gasteiger partial charge < -0.3 is 10.1 Å². The van der Waals surface area contributed by atoms with Crippen LogP contribution in [-0.2, 0) is 0 Å². The molecule has 1 heterocycles. The fourth-order valence-corrected chi connectivity index (χ4v) is 1.78. The number of halogens is 1. The predicted molar refractivity (Wildman–Crippen MR) is 74.9 cm³/mol. The number of pyridine rings is 1. The predicted octanol–water partition coefficient (Wildman–Crippen LogP) is 3.30. The molecule has 2 aromatic rings. The molecule has 0 aliphatic rings. The summed E-state index contributed by atoms with van der Waals surface area (Å²) in [5.74, 6) is 0.830. The van der Waals surface area contributed by atoms with Gasteiger partial charge in [-0.15, -0.1) is 0 Å². The van der Waals surface area contributed by atoms with E-state index < -0.39 is 0 Å². The van der Waals surface area contributed by atoms with Crippen LogP contribution in [0.25, 0.3) is 0 Å². The molecule has 0 radical (unpaired) electrons. The number of rotatable bonds is 3. The van der Waals surface area contributed by atoms with E-state index in [1.54, 1.807) is 31.4 Å². The van der Waals surface area contributed by atoms with E-state index in [9.17, 15) is 4.79 Å². The van der Waals surface area contributed by atoms with Gasteiger partial charge in [-0.25, -0.2) is 4.98 Å². The molecule has 0 bridgehead atoms. The van der Waals surface area contributed by atoms with Crippen LogP contribution in [0.2, 0.25) is 5.02 Å². The van der Waals surface area contributed by atoms with Crippen LogP contribution in [0.4, 0.5) is 5.82 Å². The number of carbonyl (C=O) groups is 1. The third-order valence-electron chi connectivity index (χ3n) is 2.63. The van der Waals surface area contributed by atoms with Crippen molar-refractivity contribution in [2.75, 3.05) is 12.4 Å². The van der Waals surface area contributed by atoms with Crippen LogP contribution in [0, 0.1) is 6.92 Å². The Morgan fingerprint density at radius 1 is 1.32 bits per heavy atom. The molecule has 0 atom stereocenters. The smallest absolute Gasteiger partial charge is 0.256 e. The zero-order chi connectivity index (χ0) is 13.8. The summed E-state index contributed by atoms with van der Waals surface area (Å²) in [5, 5.41) is 3.20. The van der Waals surface area contributed by atoms with E-state index in [-0.39, 0.29) is 5.91 Å². The van der Waals surface area contributed by atoms with Crippen molar-refractivity contribution in [2.24, 2.45) is 0 Å². The Balaban J connectivity index is 2.20. The Morgan fingerprint density at radius 2 is 2.11 bits per heavy atom. The van der Waals surface area contributed by atoms with Crippen LogP contribution in [0.5, 0.6) is 5.75 Å². The molecule has 4 nitrogen and oxygen atoms in total. The van der Waals surface area contributed by atoms with Gasteiger partial charge in [-0.05, 0) is 36.8 Å². The third-order valence-corrected chi connectivity index (χ3v) is 2.87. The molecule has 19 heavy (non-hydrogen) atoms. The van der Waals surface area contributed by atoms with E-state index in [2.05, 4.69) is 10.3 Å². The lowest BCUT2D eigenvalue weighted by molar-refractivity contribution is 0.102. The van der Waals surface area contributed by atoms with Crippen LogP contribution in [-0.4, -0.2) is 18.0 Å². The molecule has 2 rings (SSSR count). The molecule has 0 unspecified atom stereocenters. The molecule has 5 heteroatoms. The molecule has 1 aromatic carbocycles. The molecule has 1 N–H and O–H groups in total. The van der Waals surface area contributed by atoms with Gasteiger partial charge >= 0.3 is 0 Å². The summed E-state index contributed by atoms with van der Waals surface area (Å²) >= 11 is 5.83. The van der Waals surface area contributed by atoms with Crippen LogP contribution >= 0.6 is 11.6 Å². The van der Waals surface area contributed by atoms with Gasteiger partial charge in [0.2, 0.25) is 0 Å². The van der Waals surface area contributed by atoms with E-state index in [1.165, 1.54) is 6.20 Å². The van der Waals surface area contributed by atoms with Crippen LogP contribution in [0.1, 0.15) is 15.9 Å². The second kappa shape index (κ2) is 5.71. The third kappa shape index (κ3) is 3.23. The highest BCUT2D eigenvalue weighted by molar-refractivity contribution is 6.30. The zero-order valence-electron chi connectivity index (χ0n) is 10.6. The fourth-order valence-electron chi connectivity index (χ4n) is 1.62. The normalized spacial score (nSPS) is 10.1. The standard InChI is InChI=1S/C14H13ClN2O2/c1-9-3-4-10(7-12(9)19-2)14(18)17-13-8-11(15)5-6-16-13/h3-8H,1-2H3,(H,16,17,18). The van der Waals surface area contributed by atoms with E-state index in [4.69, 9.17) is 16.3 Å². The number of nitrogens with one attached hydrogen (secondary N) is 1. The molecule has 98 valence electrons. The van der Waals surface area contributed by atoms with Gasteiger partial charge in [0.05, 0.1) is 7.11 Å². The lowest BCUT2D eigenvalue weighted by Gasteiger charge is -2.08. The van der Waals surface area contributed by atoms with Crippen molar-refractivity contribution in [2.45, 2.75) is 6.92 Å². The van der Waals surface area contributed by atoms with Crippen molar-refractivity contribution >= 4 is 23.3 Å². The minimum absolute atomic E-state index is 0.256. The van der Waals surface area contributed by atoms with Gasteiger partial charge in [-0.1, -0.05) is 17.7 Å². The van der Waals surface area contributed by atoms with Crippen LogP contribution in [0.15, 0.2) is 36.5 Å². The zero-order valence-corrected chi connectivity index (χ0v) is 11.4. The van der Waals surface area contributed by atoms with Crippen molar-refractivity contribution < 1.29 is 9.53 Å². The van der Waals surface area contributed by atoms with Gasteiger partial charge in [-0.3, -0.25) is 4.79 Å². The summed E-state index contributed by atoms with van der Waals surface area (Å²) in [6, 6.07) is 8.49. The first kappa shape index (κ1) is 13.4. The summed E-state index contributed by atoms with van der Waals surface area (Å²) in [4.78, 5) is 16.1. The Bertz CT molecular complexity index is 614. The summed E-state index contributed by atoms with van der Waals surface area (Å²) in [6.07, 6.45) is 1.54. The van der Waals surface area contributed by atoms with Crippen molar-refractivity contribution in [3.63, 3.8) is 0 Å². The first-order chi connectivity index (χ1) is 9.10. The van der Waals surface area contributed by atoms with Crippen molar-refractivity contribution in [1.29, 1.82) is 0 Å². The van der Waals surface area contributed by atoms with E-state index in [0.717, 1.165) is 5.56 Å². The van der Waals surface area contributed by atoms with Gasteiger partial charge in [-0.2, -0.15) is 0 Å². The molecule has 0 fully saturated rings. The monoisotopic (exact) mass is 276 g/mol. The number of ether oxygens (including phenoxy) is 1. The fraction of sp³-hybridized carbons (Fsp3) is 0.143. The average molecular weight is 277 g/mol. The minimum atomic E-state index is -0.256. The summed E-state index contributed by atoms with van der Waals surface area (Å²) < 4.78 is 5.19. The van der Waals surface area contributed by atoms with Gasteiger partial charge in [0.1, 0.15) is 11.6 Å². The molecule has 0 saturated heterocycles. The molecular formula is C14H13ClN2O2. The first-order valence-corrected chi connectivity index (χ1v) is 6.05. The Labute approximate surface area is 116 Å². The maximum absolute atomic E-state index is 12.1. The lowest BCUT2D eigenvalue weighted by Crippen LogP contribution is -2.13. The molecule has 1 amide bonds. The highest BCUT2D eigenvalue weighted by Gasteiger charge is 2.09. The maximum Gasteiger partial charge on any atom is 0.256 e. The minimum Gasteiger partial charge on any atom is -0.496 e. The Hall–Kier alpha value is -2.07. The summed E-state index contributed by atoms with van der Waals surface area (Å²) in [7, 11) is 1.57. The molecular weight excluding hydrogens is 264 g/mol. The number of aryl methyl sites for hydroxylation is 1. The molecule has 0 spiro atoms. The summed E-state index contributed by atoms with van der Waals surface area (Å²) in [5.41, 5.74) is 1.48. The number of anilines is 1. The van der Waals surface area contributed by atoms with Crippen molar-refractivity contribution in [3.8, 4) is 5.75 Å². The topological polar surface area (TPSA) is 51.2 Å². The highest BCUT2D eigenvalue weighted by atomic mass is 35.5. The van der Waals surface area contributed by atoms with Crippen LogP contribution in [0.3, 0.4) is 0 Å². The number of hydrogen-bond donors (Lipinski definition) is 1. The van der Waals surface area contributed by atoms with Crippen LogP contribution < -0.4 is 10.1 Å². The Kier molecular flexibility index (Phi) is 4.02. The number of benzene rings is 1. The van der Waals surface area contributed by atoms with Gasteiger partial charge in [0.25, 0.3) is 5.91 Å². The average Bonchev–Trinajstić information content (AvgIpc) is 2.39. The summed E-state index contributed by atoms with van der Waals surface area (Å²) in [6.45, 7) is 1.92. The second-order valence-electron chi connectivity index (χ2n) is 4.00. The Morgan fingerprint density at radius 3 is 2.79 bits per heavy atom. The SMILES string of the molecule is COc1cc(C(=O)Nc2cc(Cl)ccn2)ccc1C. The van der Waals surface area contributed by atoms with Gasteiger partial charge in [0, 0.05) is 16.8 Å². The largest absolute Gasteiger partial charge is 0.496 e. The maximum atomic E-state index is 12.1. The number of aromatic nitrogens is 1. The van der Waals surface area contributed by atoms with E-state index in [0.29, 0.717) is 22.2 Å². The van der Waals surface area contributed by atoms with E-state index in [1.807, 2.05) is 13.0 Å². The number of hydrogen-bond acceptors (Lipinski definition) is 3. The van der Waals surface area contributed by atoms with Gasteiger partial charge in [0.15, 0.2) is 0 Å². The molecule has 0 aliphatic heterocycles. The molecule has 0 saturated carbocycles.